The van der Waals surface area contributed by atoms with Gasteiger partial charge < -0.3 is 4.98 Å². The number of aryl methyl sites for hydroxylation is 1. The molecule has 1 saturated carbocycles. The van der Waals surface area contributed by atoms with Crippen LogP contribution in [0.1, 0.15) is 71.7 Å². The highest BCUT2D eigenvalue weighted by Gasteiger charge is 2.31. The molecule has 2 aromatic heterocycles. The lowest BCUT2D eigenvalue weighted by Gasteiger charge is -2.27. The Kier molecular flexibility index (Phi) is 4.91. The number of aromatic nitrogens is 4. The minimum atomic E-state index is -0.266. The largest absolute Gasteiger partial charge is 0.333 e. The molecule has 5 rings (SSSR count). The van der Waals surface area contributed by atoms with E-state index < -0.39 is 0 Å². The zero-order valence-electron chi connectivity index (χ0n) is 19.2. The molecule has 1 fully saturated rings. The average molecular weight is 435 g/mol. The normalized spacial score (nSPS) is 21.1. The standard InChI is InChI=1S/C24H30N6O2/c1-5-12-29-21-19(22(31)30(23(29)32)16-9-10-16)25-20(26-21)14-6-7-15-13-18(24(2,3)4)28-27-17(15)11-8-14/h6,8,11,15-16H,5,7,9-10,12-13H2,1-4H3,(H,25,26). The first kappa shape index (κ1) is 20.8. The van der Waals surface area contributed by atoms with Crippen molar-refractivity contribution in [3.63, 3.8) is 0 Å². The van der Waals surface area contributed by atoms with Crippen LogP contribution in [0.2, 0.25) is 0 Å². The topological polar surface area (TPSA) is 97.4 Å². The van der Waals surface area contributed by atoms with Gasteiger partial charge in [-0.3, -0.25) is 13.9 Å². The van der Waals surface area contributed by atoms with E-state index in [1.165, 1.54) is 4.57 Å². The van der Waals surface area contributed by atoms with Crippen molar-refractivity contribution >= 4 is 28.2 Å². The second kappa shape index (κ2) is 7.53. The van der Waals surface area contributed by atoms with E-state index in [0.717, 1.165) is 49.1 Å². The van der Waals surface area contributed by atoms with Crippen LogP contribution in [0.15, 0.2) is 38.0 Å². The number of nitrogens with one attached hydrogen (secondary N) is 1. The summed E-state index contributed by atoms with van der Waals surface area (Å²) in [6.07, 6.45) is 10.4. The maximum absolute atomic E-state index is 13.1. The fourth-order valence-corrected chi connectivity index (χ4v) is 4.45. The molecule has 1 atom stereocenters. The van der Waals surface area contributed by atoms with Crippen LogP contribution in [0.4, 0.5) is 0 Å². The number of fused-ring (bicyclic) bond motifs is 2. The summed E-state index contributed by atoms with van der Waals surface area (Å²) >= 11 is 0. The van der Waals surface area contributed by atoms with Crippen LogP contribution in [0.5, 0.6) is 0 Å². The van der Waals surface area contributed by atoms with E-state index in [1.807, 2.05) is 19.1 Å². The molecule has 32 heavy (non-hydrogen) atoms. The van der Waals surface area contributed by atoms with Gasteiger partial charge in [0.05, 0.1) is 5.71 Å². The fraction of sp³-hybridized carbons (Fsp3) is 0.542. The molecule has 2 aromatic rings. The summed E-state index contributed by atoms with van der Waals surface area (Å²) in [6, 6.07) is 0.0180. The van der Waals surface area contributed by atoms with Gasteiger partial charge in [0.25, 0.3) is 5.56 Å². The number of hydrogen-bond acceptors (Lipinski definition) is 5. The molecular weight excluding hydrogens is 404 g/mol. The van der Waals surface area contributed by atoms with E-state index in [4.69, 9.17) is 4.98 Å². The van der Waals surface area contributed by atoms with Crippen molar-refractivity contribution in [3.8, 4) is 0 Å². The smallest absolute Gasteiger partial charge is 0.332 e. The Hall–Kier alpha value is -3.03. The first-order valence-corrected chi connectivity index (χ1v) is 11.6. The lowest BCUT2D eigenvalue weighted by atomic mass is 9.81. The molecule has 0 radical (unpaired) electrons. The highest BCUT2D eigenvalue weighted by atomic mass is 16.2. The Labute approximate surface area is 186 Å². The van der Waals surface area contributed by atoms with Gasteiger partial charge >= 0.3 is 5.69 Å². The Balaban J connectivity index is 1.55. The van der Waals surface area contributed by atoms with E-state index >= 15 is 0 Å². The number of aromatic amines is 1. The van der Waals surface area contributed by atoms with Gasteiger partial charge in [0.2, 0.25) is 0 Å². The van der Waals surface area contributed by atoms with Crippen molar-refractivity contribution in [2.45, 2.75) is 72.4 Å². The number of allylic oxidation sites excluding steroid dienone is 4. The van der Waals surface area contributed by atoms with E-state index in [2.05, 4.69) is 42.0 Å². The quantitative estimate of drug-likeness (QED) is 0.792. The average Bonchev–Trinajstić information content (AvgIpc) is 3.52. The Morgan fingerprint density at radius 3 is 2.62 bits per heavy atom. The minimum absolute atomic E-state index is 0.000720. The Morgan fingerprint density at radius 2 is 1.94 bits per heavy atom. The predicted octanol–water partition coefficient (Wildman–Crippen LogP) is 3.84. The molecule has 3 aliphatic rings. The van der Waals surface area contributed by atoms with Crippen LogP contribution in [0.25, 0.3) is 16.7 Å². The predicted molar refractivity (Wildman–Crippen MR) is 127 cm³/mol. The zero-order valence-corrected chi connectivity index (χ0v) is 19.2. The molecule has 1 unspecified atom stereocenters. The van der Waals surface area contributed by atoms with Crippen molar-refractivity contribution in [2.75, 3.05) is 0 Å². The van der Waals surface area contributed by atoms with E-state index in [0.29, 0.717) is 23.5 Å². The maximum atomic E-state index is 13.1. The minimum Gasteiger partial charge on any atom is -0.332 e. The molecule has 0 amide bonds. The summed E-state index contributed by atoms with van der Waals surface area (Å²) in [5, 5.41) is 8.96. The number of imidazole rings is 1. The highest BCUT2D eigenvalue weighted by Crippen LogP contribution is 2.33. The lowest BCUT2D eigenvalue weighted by Crippen LogP contribution is -2.39. The van der Waals surface area contributed by atoms with Gasteiger partial charge in [-0.05, 0) is 44.3 Å². The molecule has 8 heteroatoms. The highest BCUT2D eigenvalue weighted by molar-refractivity contribution is 6.05. The maximum Gasteiger partial charge on any atom is 0.333 e. The van der Waals surface area contributed by atoms with Crippen molar-refractivity contribution in [1.82, 2.24) is 19.1 Å². The SMILES string of the molecule is CCCn1c(=O)n(C2CC2)c(=O)c2[nH]c(C3=CCC4CC(C(C)(C)C)=NN=C4C=C3)nc21. The third-order valence-electron chi connectivity index (χ3n) is 6.51. The van der Waals surface area contributed by atoms with Crippen LogP contribution in [-0.2, 0) is 6.54 Å². The monoisotopic (exact) mass is 434 g/mol. The van der Waals surface area contributed by atoms with Crippen molar-refractivity contribution < 1.29 is 0 Å². The Bertz CT molecular complexity index is 1320. The van der Waals surface area contributed by atoms with Crippen LogP contribution in [0, 0.1) is 11.3 Å². The summed E-state index contributed by atoms with van der Waals surface area (Å²) < 4.78 is 3.05. The van der Waals surface area contributed by atoms with E-state index in [9.17, 15) is 9.59 Å². The summed E-state index contributed by atoms with van der Waals surface area (Å²) in [7, 11) is 0. The first-order chi connectivity index (χ1) is 15.3. The third-order valence-corrected chi connectivity index (χ3v) is 6.51. The molecule has 3 heterocycles. The van der Waals surface area contributed by atoms with Crippen LogP contribution in [-0.4, -0.2) is 30.5 Å². The molecular formula is C24H30N6O2. The van der Waals surface area contributed by atoms with Crippen molar-refractivity contribution in [1.29, 1.82) is 0 Å². The third kappa shape index (κ3) is 3.51. The summed E-state index contributed by atoms with van der Waals surface area (Å²) in [4.78, 5) is 34.1. The number of rotatable bonds is 4. The molecule has 0 bridgehead atoms. The lowest BCUT2D eigenvalue weighted by molar-refractivity contribution is 0.552. The fourth-order valence-electron chi connectivity index (χ4n) is 4.45. The summed E-state index contributed by atoms with van der Waals surface area (Å²) in [5.41, 5.74) is 3.33. The zero-order chi connectivity index (χ0) is 22.6. The number of hydrogen-bond donors (Lipinski definition) is 1. The molecule has 1 N–H and O–H groups in total. The molecule has 0 saturated heterocycles. The molecule has 1 aliphatic heterocycles. The van der Waals surface area contributed by atoms with Gasteiger partial charge in [-0.1, -0.05) is 33.8 Å². The van der Waals surface area contributed by atoms with Gasteiger partial charge in [0.15, 0.2) is 5.65 Å². The number of nitrogens with zero attached hydrogens (tertiary/aromatic N) is 5. The second-order valence-corrected chi connectivity index (χ2v) is 10.1. The van der Waals surface area contributed by atoms with Gasteiger partial charge in [0.1, 0.15) is 11.3 Å². The first-order valence-electron chi connectivity index (χ1n) is 11.6. The van der Waals surface area contributed by atoms with Crippen LogP contribution >= 0.6 is 0 Å². The van der Waals surface area contributed by atoms with Gasteiger partial charge in [-0.15, -0.1) is 0 Å². The summed E-state index contributed by atoms with van der Waals surface area (Å²) in [6.45, 7) is 9.05. The van der Waals surface area contributed by atoms with E-state index in [-0.39, 0.29) is 28.6 Å². The molecule has 8 nitrogen and oxygen atoms in total. The van der Waals surface area contributed by atoms with Gasteiger partial charge in [0, 0.05) is 35.2 Å². The second-order valence-electron chi connectivity index (χ2n) is 10.1. The van der Waals surface area contributed by atoms with E-state index in [1.54, 1.807) is 4.57 Å². The Morgan fingerprint density at radius 1 is 1.16 bits per heavy atom. The molecule has 168 valence electrons. The molecule has 2 aliphatic carbocycles. The van der Waals surface area contributed by atoms with Crippen LogP contribution in [0.3, 0.4) is 0 Å². The summed E-state index contributed by atoms with van der Waals surface area (Å²) in [5.74, 6) is 0.896. The molecule has 0 aromatic carbocycles. The van der Waals surface area contributed by atoms with Gasteiger partial charge in [-0.25, -0.2) is 9.78 Å². The van der Waals surface area contributed by atoms with Crippen molar-refractivity contribution in [3.05, 3.63) is 44.9 Å². The number of H-pyrrole nitrogens is 1. The molecule has 0 spiro atoms. The van der Waals surface area contributed by atoms with Crippen LogP contribution < -0.4 is 11.2 Å². The van der Waals surface area contributed by atoms with Gasteiger partial charge in [-0.2, -0.15) is 10.2 Å². The van der Waals surface area contributed by atoms with Crippen molar-refractivity contribution in [2.24, 2.45) is 21.5 Å².